The van der Waals surface area contributed by atoms with E-state index >= 15 is 4.79 Å². The van der Waals surface area contributed by atoms with Crippen molar-refractivity contribution in [2.24, 2.45) is 29.1 Å². The summed E-state index contributed by atoms with van der Waals surface area (Å²) in [6.07, 6.45) is 0.557. The molecule has 0 bridgehead atoms. The molecule has 16 heteroatoms. The average molecular weight is 1120 g/mol. The Balaban J connectivity index is 1.79. The van der Waals surface area contributed by atoms with Crippen molar-refractivity contribution < 1.29 is 50.5 Å². The molecule has 0 N–H and O–H groups in total. The van der Waals surface area contributed by atoms with Gasteiger partial charge in [0.1, 0.15) is 19.1 Å². The Morgan fingerprint density at radius 1 is 0.737 bits per heavy atom. The molecule has 0 aromatic heterocycles. The molecule has 1 fully saturated rings. The Hall–Kier alpha value is -3.46. The van der Waals surface area contributed by atoms with Crippen LogP contribution in [0.5, 0.6) is 5.75 Å². The van der Waals surface area contributed by atoms with Crippen LogP contribution in [-0.4, -0.2) is 108 Å². The van der Waals surface area contributed by atoms with Crippen LogP contribution in [0, 0.1) is 29.1 Å². The predicted molar refractivity (Wildman–Crippen MR) is 313 cm³/mol. The van der Waals surface area contributed by atoms with Crippen molar-refractivity contribution in [3.8, 4) is 5.75 Å². The topological polar surface area (TPSA) is 136 Å². The Bertz CT molecular complexity index is 2360. The van der Waals surface area contributed by atoms with Crippen LogP contribution in [0.25, 0.3) is 0 Å². The van der Waals surface area contributed by atoms with Gasteiger partial charge in [0.2, 0.25) is 5.91 Å². The molecule has 5 rings (SSSR count). The number of likely N-dealkylation sites (tertiary alicyclic amines) is 1. The average Bonchev–Trinajstić information content (AvgIpc) is 3.51. The van der Waals surface area contributed by atoms with Gasteiger partial charge in [-0.15, -0.1) is 0 Å². The lowest BCUT2D eigenvalue weighted by Crippen LogP contribution is -2.62. The molecule has 1 heterocycles. The van der Waals surface area contributed by atoms with E-state index in [9.17, 15) is 13.2 Å². The number of imide groups is 1. The highest BCUT2D eigenvalue weighted by atomic mass is 32.2. The summed E-state index contributed by atoms with van der Waals surface area (Å²) in [4.78, 5) is 32.6. The first-order valence-electron chi connectivity index (χ1n) is 28.4. The molecule has 76 heavy (non-hydrogen) atoms. The molecule has 2 aliphatic rings. The van der Waals surface area contributed by atoms with Gasteiger partial charge in [-0.1, -0.05) is 149 Å². The minimum atomic E-state index is -3.83. The number of hydrogen-bond donors (Lipinski definition) is 0. The number of methoxy groups -OCH3 is 1. The summed E-state index contributed by atoms with van der Waals surface area (Å²) in [5, 5.41) is 0. The molecule has 1 aliphatic heterocycles. The second-order valence-electron chi connectivity index (χ2n) is 23.2. The van der Waals surface area contributed by atoms with Crippen LogP contribution in [0.1, 0.15) is 92.7 Å². The molecule has 1 saturated heterocycles. The molecule has 8 atom stereocenters. The third kappa shape index (κ3) is 16.8. The van der Waals surface area contributed by atoms with Crippen LogP contribution in [0.4, 0.5) is 4.79 Å². The maximum Gasteiger partial charge on any atom is 0.416 e. The fourth-order valence-electron chi connectivity index (χ4n) is 11.3. The smallest absolute Gasteiger partial charge is 0.416 e. The third-order valence-corrected chi connectivity index (χ3v) is 29.9. The van der Waals surface area contributed by atoms with Gasteiger partial charge in [0.05, 0.1) is 54.7 Å². The van der Waals surface area contributed by atoms with Gasteiger partial charge in [-0.25, -0.2) is 18.1 Å². The van der Waals surface area contributed by atoms with E-state index in [1.807, 2.05) is 67.6 Å². The minimum Gasteiger partial charge on any atom is -0.497 e. The van der Waals surface area contributed by atoms with Gasteiger partial charge in [0.25, 0.3) is 0 Å². The molecule has 2 amide bonds. The summed E-state index contributed by atoms with van der Waals surface area (Å²) in [6, 6.07) is 31.8. The summed E-state index contributed by atoms with van der Waals surface area (Å²) in [6.45, 7) is 27.8. The second-order valence-corrected chi connectivity index (χ2v) is 40.3. The van der Waals surface area contributed by atoms with Gasteiger partial charge in [0.15, 0.2) is 26.5 Å². The molecule has 0 saturated carbocycles. The maximum absolute atomic E-state index is 16.3. The largest absolute Gasteiger partial charge is 0.497 e. The summed E-state index contributed by atoms with van der Waals surface area (Å²) in [7, 11) is -8.97. The first kappa shape index (κ1) is 63.4. The zero-order valence-electron chi connectivity index (χ0n) is 48.6. The van der Waals surface area contributed by atoms with Gasteiger partial charge in [0, 0.05) is 27.1 Å². The highest BCUT2D eigenvalue weighted by Gasteiger charge is 2.59. The van der Waals surface area contributed by atoms with Crippen LogP contribution >= 0.6 is 0 Å². The molecule has 1 aliphatic carbocycles. The van der Waals surface area contributed by atoms with Crippen molar-refractivity contribution in [1.82, 2.24) is 4.90 Å². The first-order chi connectivity index (χ1) is 36.2. The molecule has 12 nitrogen and oxygen atoms in total. The zero-order chi connectivity index (χ0) is 55.7. The van der Waals surface area contributed by atoms with E-state index in [-0.39, 0.29) is 48.3 Å². The summed E-state index contributed by atoms with van der Waals surface area (Å²) >= 11 is 0. The van der Waals surface area contributed by atoms with Crippen LogP contribution in [0.3, 0.4) is 0 Å². The standard InChI is InChI=1S/C60H95NO11SSi3/c1-14-75(15-2,16-3)71-56(57(72-76(17-4,18-5)19-6)55(70-45-67-36-37-74(11,12)13)48(9)44-73(64,65)53-28-24-21-25-29-53)54-38-51(42-68-41-50-30-32-52(66-10)33-31-50)34-35-60(54)39-46(7)47(8)40-61(58(60)62)59(63)69-43-49-26-22-20-23-27-49/h20-33,38,46-48,54-57H,14-19,34-37,39-45H2,1-13H3/t46-,47-,48+,54+,55+,56-,57+,60+/m0/s1. The van der Waals surface area contributed by atoms with Gasteiger partial charge in [-0.3, -0.25) is 4.79 Å². The number of amides is 2. The molecule has 3 aromatic rings. The molecular weight excluding hydrogens is 1030 g/mol. The Morgan fingerprint density at radius 2 is 1.32 bits per heavy atom. The zero-order valence-corrected chi connectivity index (χ0v) is 52.4. The Morgan fingerprint density at radius 3 is 1.89 bits per heavy atom. The molecule has 0 unspecified atom stereocenters. The van der Waals surface area contributed by atoms with Crippen LogP contribution < -0.4 is 4.74 Å². The predicted octanol–water partition coefficient (Wildman–Crippen LogP) is 14.0. The number of rotatable bonds is 30. The van der Waals surface area contributed by atoms with Crippen LogP contribution in [0.15, 0.2) is 101 Å². The van der Waals surface area contributed by atoms with Crippen molar-refractivity contribution in [2.75, 3.05) is 39.4 Å². The van der Waals surface area contributed by atoms with Gasteiger partial charge in [-0.2, -0.15) is 0 Å². The summed E-state index contributed by atoms with van der Waals surface area (Å²) in [5.74, 6) is -1.02. The van der Waals surface area contributed by atoms with Crippen LogP contribution in [0.2, 0.25) is 61.9 Å². The molecule has 0 radical (unpaired) electrons. The normalized spacial score (nSPS) is 21.4. The number of ether oxygens (including phenoxy) is 5. The van der Waals surface area contributed by atoms with E-state index in [2.05, 4.69) is 81.1 Å². The number of nitrogens with zero attached hydrogens (tertiary/aromatic N) is 1. The lowest BCUT2D eigenvalue weighted by Gasteiger charge is -2.52. The number of carbonyl (C=O) groups excluding carboxylic acids is 2. The Kier molecular flexibility index (Phi) is 24.3. The highest BCUT2D eigenvalue weighted by molar-refractivity contribution is 7.91. The number of carbonyl (C=O) groups is 2. The Labute approximate surface area is 461 Å². The minimum absolute atomic E-state index is 0.0161. The molecular formula is C60H95NO11SSi3. The van der Waals surface area contributed by atoms with E-state index in [4.69, 9.17) is 32.5 Å². The SMILES string of the molecule is CC[Si](CC)(CC)O[C@@H]([C@@H](O[Si](CC)(CC)CC)[C@H]1C=C(COCc2ccc(OC)cc2)CC[C@@]12C[C@H](C)[C@@H](C)CN(C(=O)OCc1ccccc1)C2=O)[C@H](OCOCC[Si](C)(C)C)[C@H](C)CS(=O)(=O)c1ccccc1. The maximum atomic E-state index is 16.3. The monoisotopic (exact) mass is 1120 g/mol. The third-order valence-electron chi connectivity index (χ3n) is 17.0. The van der Waals surface area contributed by atoms with Crippen molar-refractivity contribution in [3.63, 3.8) is 0 Å². The van der Waals surface area contributed by atoms with Crippen molar-refractivity contribution in [1.29, 1.82) is 0 Å². The highest BCUT2D eigenvalue weighted by Crippen LogP contribution is 2.53. The molecule has 1 spiro atoms. The second kappa shape index (κ2) is 29.1. The number of benzene rings is 3. The van der Waals surface area contributed by atoms with Crippen molar-refractivity contribution >= 4 is 46.5 Å². The van der Waals surface area contributed by atoms with Gasteiger partial charge in [-0.05, 0) is 120 Å². The quantitative estimate of drug-likeness (QED) is 0.0273. The summed E-state index contributed by atoms with van der Waals surface area (Å²) in [5.41, 5.74) is 1.70. The molecule has 424 valence electrons. The van der Waals surface area contributed by atoms with E-state index in [0.29, 0.717) is 39.1 Å². The lowest BCUT2D eigenvalue weighted by atomic mass is 9.60. The van der Waals surface area contributed by atoms with Crippen LogP contribution in [-0.2, 0) is 55.6 Å². The molecule has 3 aromatic carbocycles. The van der Waals surface area contributed by atoms with Crippen molar-refractivity contribution in [3.05, 3.63) is 108 Å². The van der Waals surface area contributed by atoms with E-state index < -0.39 is 76.2 Å². The van der Waals surface area contributed by atoms with E-state index in [0.717, 1.165) is 64.8 Å². The fraction of sp³-hybridized carbons (Fsp3) is 0.633. The summed E-state index contributed by atoms with van der Waals surface area (Å²) < 4.78 is 76.8. The first-order valence-corrected chi connectivity index (χ1v) is 38.8. The fourth-order valence-corrected chi connectivity index (χ4v) is 19.4. The van der Waals surface area contributed by atoms with E-state index in [1.165, 1.54) is 4.90 Å². The number of sulfone groups is 1. The lowest BCUT2D eigenvalue weighted by molar-refractivity contribution is -0.169. The van der Waals surface area contributed by atoms with Gasteiger partial charge < -0.3 is 32.5 Å². The van der Waals surface area contributed by atoms with Gasteiger partial charge >= 0.3 is 6.09 Å². The number of hydrogen-bond acceptors (Lipinski definition) is 11. The van der Waals surface area contributed by atoms with Crippen molar-refractivity contribution in [2.45, 2.75) is 180 Å². The van der Waals surface area contributed by atoms with E-state index in [1.54, 1.807) is 31.4 Å².